The molecule has 0 aromatic heterocycles. The smallest absolute Gasteiger partial charge is 0.262 e. The van der Waals surface area contributed by atoms with Crippen LogP contribution >= 0.6 is 0 Å². The lowest BCUT2D eigenvalue weighted by atomic mass is 10.1. The first-order chi connectivity index (χ1) is 12.2. The zero-order valence-corrected chi connectivity index (χ0v) is 14.5. The number of rotatable bonds is 6. The van der Waals surface area contributed by atoms with Crippen molar-refractivity contribution < 1.29 is 14.3 Å². The zero-order chi connectivity index (χ0) is 17.5. The molecule has 1 saturated heterocycles. The molecule has 2 aromatic carbocycles. The van der Waals surface area contributed by atoms with Gasteiger partial charge in [0.25, 0.3) is 5.91 Å². The third-order valence-corrected chi connectivity index (χ3v) is 4.34. The van der Waals surface area contributed by atoms with E-state index < -0.39 is 0 Å². The van der Waals surface area contributed by atoms with Gasteiger partial charge in [-0.25, -0.2) is 0 Å². The van der Waals surface area contributed by atoms with E-state index in [-0.39, 0.29) is 12.5 Å². The van der Waals surface area contributed by atoms with Crippen LogP contribution in [0.4, 0.5) is 11.4 Å². The van der Waals surface area contributed by atoms with Crippen molar-refractivity contribution in [2.24, 2.45) is 0 Å². The fraction of sp³-hybridized carbons (Fsp3) is 0.350. The van der Waals surface area contributed by atoms with Crippen LogP contribution in [0.2, 0.25) is 0 Å². The lowest BCUT2D eigenvalue weighted by Gasteiger charge is -2.33. The number of anilines is 2. The number of para-hydroxylation sites is 1. The summed E-state index contributed by atoms with van der Waals surface area (Å²) in [5.41, 5.74) is 1.92. The Hall–Kier alpha value is -2.53. The van der Waals surface area contributed by atoms with Gasteiger partial charge < -0.3 is 19.7 Å². The number of benzene rings is 2. The second-order valence-electron chi connectivity index (χ2n) is 6.14. The number of amides is 1. The van der Waals surface area contributed by atoms with E-state index in [4.69, 9.17) is 9.47 Å². The quantitative estimate of drug-likeness (QED) is 0.876. The Bertz CT molecular complexity index is 673. The Labute approximate surface area is 148 Å². The maximum atomic E-state index is 12.0. The SMILES string of the molecule is COC1CCCN(c2ccc(NC(=O)COc3ccccc3)cc2)C1. The highest BCUT2D eigenvalue weighted by molar-refractivity contribution is 5.92. The van der Waals surface area contributed by atoms with Crippen LogP contribution in [-0.2, 0) is 9.53 Å². The Morgan fingerprint density at radius 1 is 1.16 bits per heavy atom. The van der Waals surface area contributed by atoms with Crippen molar-refractivity contribution in [2.45, 2.75) is 18.9 Å². The first-order valence-corrected chi connectivity index (χ1v) is 8.60. The van der Waals surface area contributed by atoms with Crippen LogP contribution in [0.5, 0.6) is 5.75 Å². The van der Waals surface area contributed by atoms with E-state index in [0.717, 1.165) is 37.3 Å². The summed E-state index contributed by atoms with van der Waals surface area (Å²) >= 11 is 0. The Kier molecular flexibility index (Phi) is 5.90. The average Bonchev–Trinajstić information content (AvgIpc) is 2.68. The molecule has 3 rings (SSSR count). The summed E-state index contributed by atoms with van der Waals surface area (Å²) in [6.07, 6.45) is 2.54. The van der Waals surface area contributed by atoms with Crippen molar-refractivity contribution in [2.75, 3.05) is 37.0 Å². The van der Waals surface area contributed by atoms with Crippen LogP contribution < -0.4 is 15.0 Å². The van der Waals surface area contributed by atoms with Gasteiger partial charge in [-0.15, -0.1) is 0 Å². The molecule has 1 aliphatic rings. The van der Waals surface area contributed by atoms with Gasteiger partial charge in [0.1, 0.15) is 5.75 Å². The summed E-state index contributed by atoms with van der Waals surface area (Å²) in [5, 5.41) is 2.86. The van der Waals surface area contributed by atoms with Gasteiger partial charge in [-0.2, -0.15) is 0 Å². The Morgan fingerprint density at radius 3 is 2.64 bits per heavy atom. The molecule has 132 valence electrons. The third kappa shape index (κ3) is 4.97. The van der Waals surface area contributed by atoms with Crippen LogP contribution in [0, 0.1) is 0 Å². The number of hydrogen-bond acceptors (Lipinski definition) is 4. The summed E-state index contributed by atoms with van der Waals surface area (Å²) < 4.78 is 10.9. The second kappa shape index (κ2) is 8.53. The fourth-order valence-corrected chi connectivity index (χ4v) is 2.98. The Morgan fingerprint density at radius 2 is 1.92 bits per heavy atom. The molecule has 0 spiro atoms. The van der Waals surface area contributed by atoms with E-state index in [1.165, 1.54) is 0 Å². The third-order valence-electron chi connectivity index (χ3n) is 4.34. The number of ether oxygens (including phenoxy) is 2. The van der Waals surface area contributed by atoms with Crippen LogP contribution in [-0.4, -0.2) is 38.8 Å². The topological polar surface area (TPSA) is 50.8 Å². The molecule has 25 heavy (non-hydrogen) atoms. The largest absolute Gasteiger partial charge is 0.484 e. The lowest BCUT2D eigenvalue weighted by Crippen LogP contribution is -2.39. The van der Waals surface area contributed by atoms with Crippen molar-refractivity contribution in [3.05, 3.63) is 54.6 Å². The number of nitrogens with zero attached hydrogens (tertiary/aromatic N) is 1. The minimum atomic E-state index is -0.172. The van der Waals surface area contributed by atoms with E-state index in [1.54, 1.807) is 7.11 Å². The van der Waals surface area contributed by atoms with Crippen molar-refractivity contribution in [1.82, 2.24) is 0 Å². The van der Waals surface area contributed by atoms with E-state index in [0.29, 0.717) is 11.9 Å². The molecule has 1 N–H and O–H groups in total. The lowest BCUT2D eigenvalue weighted by molar-refractivity contribution is -0.118. The van der Waals surface area contributed by atoms with E-state index in [2.05, 4.69) is 10.2 Å². The molecule has 1 atom stereocenters. The van der Waals surface area contributed by atoms with Crippen LogP contribution in [0.3, 0.4) is 0 Å². The predicted octanol–water partition coefficient (Wildman–Crippen LogP) is 3.32. The highest BCUT2D eigenvalue weighted by atomic mass is 16.5. The normalized spacial score (nSPS) is 17.2. The molecule has 1 amide bonds. The van der Waals surface area contributed by atoms with Crippen molar-refractivity contribution in [3.63, 3.8) is 0 Å². The van der Waals surface area contributed by atoms with Crippen LogP contribution in [0.25, 0.3) is 0 Å². The molecule has 0 bridgehead atoms. The molecule has 1 aliphatic heterocycles. The van der Waals surface area contributed by atoms with Crippen LogP contribution in [0.15, 0.2) is 54.6 Å². The molecule has 5 nitrogen and oxygen atoms in total. The number of hydrogen-bond donors (Lipinski definition) is 1. The first kappa shape index (κ1) is 17.3. The summed E-state index contributed by atoms with van der Waals surface area (Å²) in [6.45, 7) is 1.94. The van der Waals surface area contributed by atoms with Gasteiger partial charge in [0.05, 0.1) is 6.10 Å². The van der Waals surface area contributed by atoms with Gasteiger partial charge >= 0.3 is 0 Å². The number of carbonyl (C=O) groups is 1. The summed E-state index contributed by atoms with van der Waals surface area (Å²) in [6, 6.07) is 17.2. The molecular weight excluding hydrogens is 316 g/mol. The summed E-state index contributed by atoms with van der Waals surface area (Å²) in [4.78, 5) is 14.3. The summed E-state index contributed by atoms with van der Waals surface area (Å²) in [5.74, 6) is 0.514. The molecule has 1 unspecified atom stereocenters. The average molecular weight is 340 g/mol. The standard InChI is InChI=1S/C20H24N2O3/c1-24-19-8-5-13-22(14-19)17-11-9-16(10-12-17)21-20(23)15-25-18-6-3-2-4-7-18/h2-4,6-7,9-12,19H,5,8,13-15H2,1H3,(H,21,23). The predicted molar refractivity (Wildman–Crippen MR) is 99.3 cm³/mol. The molecular formula is C20H24N2O3. The molecule has 5 heteroatoms. The number of piperidine rings is 1. The first-order valence-electron chi connectivity index (χ1n) is 8.60. The maximum Gasteiger partial charge on any atom is 0.262 e. The molecule has 2 aromatic rings. The van der Waals surface area contributed by atoms with Crippen molar-refractivity contribution in [3.8, 4) is 5.75 Å². The monoisotopic (exact) mass is 340 g/mol. The summed E-state index contributed by atoms with van der Waals surface area (Å²) in [7, 11) is 1.77. The molecule has 1 heterocycles. The van der Waals surface area contributed by atoms with E-state index in [9.17, 15) is 4.79 Å². The van der Waals surface area contributed by atoms with Gasteiger partial charge in [-0.3, -0.25) is 4.79 Å². The fourth-order valence-electron chi connectivity index (χ4n) is 2.98. The van der Waals surface area contributed by atoms with Crippen molar-refractivity contribution in [1.29, 1.82) is 0 Å². The number of carbonyl (C=O) groups excluding carboxylic acids is 1. The van der Waals surface area contributed by atoms with Gasteiger partial charge in [-0.05, 0) is 49.2 Å². The zero-order valence-electron chi connectivity index (χ0n) is 14.5. The highest BCUT2D eigenvalue weighted by Crippen LogP contribution is 2.23. The molecule has 1 fully saturated rings. The second-order valence-corrected chi connectivity index (χ2v) is 6.14. The van der Waals surface area contributed by atoms with Gasteiger partial charge in [0, 0.05) is 31.6 Å². The molecule has 0 radical (unpaired) electrons. The molecule has 0 aliphatic carbocycles. The van der Waals surface area contributed by atoms with Gasteiger partial charge in [0.2, 0.25) is 0 Å². The van der Waals surface area contributed by atoms with Gasteiger partial charge in [-0.1, -0.05) is 18.2 Å². The number of methoxy groups -OCH3 is 1. The minimum Gasteiger partial charge on any atom is -0.484 e. The van der Waals surface area contributed by atoms with E-state index >= 15 is 0 Å². The van der Waals surface area contributed by atoms with E-state index in [1.807, 2.05) is 54.6 Å². The molecule has 0 saturated carbocycles. The van der Waals surface area contributed by atoms with Crippen LogP contribution in [0.1, 0.15) is 12.8 Å². The van der Waals surface area contributed by atoms with Gasteiger partial charge in [0.15, 0.2) is 6.61 Å². The maximum absolute atomic E-state index is 12.0. The number of nitrogens with one attached hydrogen (secondary N) is 1. The highest BCUT2D eigenvalue weighted by Gasteiger charge is 2.19. The van der Waals surface area contributed by atoms with Crippen molar-refractivity contribution >= 4 is 17.3 Å². The minimum absolute atomic E-state index is 0.00654. The Balaban J connectivity index is 1.51.